The largest absolute Gasteiger partial charge is 0.462 e. The second-order valence-corrected chi connectivity index (χ2v) is 8.44. The Morgan fingerprint density at radius 2 is 2.08 bits per heavy atom. The highest BCUT2D eigenvalue weighted by atomic mass is 32.2. The second-order valence-electron chi connectivity index (χ2n) is 5.82. The summed E-state index contributed by atoms with van der Waals surface area (Å²) in [5.74, 6) is 1.70. The van der Waals surface area contributed by atoms with Crippen LogP contribution in [-0.4, -0.2) is 23.4 Å². The van der Waals surface area contributed by atoms with Crippen LogP contribution in [0, 0.1) is 0 Å². The monoisotopic (exact) mass is 406 g/mol. The van der Waals surface area contributed by atoms with Gasteiger partial charge in [-0.05, 0) is 54.9 Å². The molecule has 1 aromatic carbocycles. The highest BCUT2D eigenvalue weighted by Gasteiger charge is 2.27. The zero-order chi connectivity index (χ0) is 18.5. The molecule has 7 heteroatoms. The first-order chi connectivity index (χ1) is 12.6. The van der Waals surface area contributed by atoms with Crippen molar-refractivity contribution in [2.75, 3.05) is 23.0 Å². The molecule has 0 radical (unpaired) electrons. The lowest BCUT2D eigenvalue weighted by Crippen LogP contribution is -2.21. The Kier molecular flexibility index (Phi) is 6.56. The maximum atomic E-state index is 12.5. The quantitative estimate of drug-likeness (QED) is 0.533. The fraction of sp³-hybridized carbons (Fsp3) is 0.368. The molecule has 0 amide bonds. The molecule has 2 aromatic rings. The Morgan fingerprint density at radius 1 is 1.27 bits per heavy atom. The van der Waals surface area contributed by atoms with Crippen molar-refractivity contribution in [3.05, 3.63) is 45.8 Å². The van der Waals surface area contributed by atoms with Crippen LogP contribution in [0.2, 0.25) is 0 Å². The van der Waals surface area contributed by atoms with Gasteiger partial charge in [0.1, 0.15) is 5.00 Å². The van der Waals surface area contributed by atoms with Crippen LogP contribution in [-0.2, 0) is 23.3 Å². The van der Waals surface area contributed by atoms with Gasteiger partial charge in [0, 0.05) is 16.3 Å². The van der Waals surface area contributed by atoms with Crippen LogP contribution in [0.5, 0.6) is 0 Å². The van der Waals surface area contributed by atoms with Crippen LogP contribution in [0.1, 0.15) is 40.2 Å². The molecule has 1 aliphatic heterocycles. The summed E-state index contributed by atoms with van der Waals surface area (Å²) in [6.45, 7) is 4.30. The van der Waals surface area contributed by atoms with Crippen molar-refractivity contribution in [1.82, 2.24) is 0 Å². The van der Waals surface area contributed by atoms with Gasteiger partial charge in [0.05, 0.1) is 12.2 Å². The van der Waals surface area contributed by atoms with Crippen molar-refractivity contribution < 1.29 is 9.53 Å². The summed E-state index contributed by atoms with van der Waals surface area (Å²) in [7, 11) is 0. The SMILES string of the molecule is CCOC(=O)c1c(NC(=S)Nc2ccccc2CC)sc2c1CCSC2. The van der Waals surface area contributed by atoms with Crippen LogP contribution >= 0.6 is 35.3 Å². The van der Waals surface area contributed by atoms with Crippen LogP contribution in [0.15, 0.2) is 24.3 Å². The van der Waals surface area contributed by atoms with Crippen LogP contribution in [0.4, 0.5) is 10.7 Å². The summed E-state index contributed by atoms with van der Waals surface area (Å²) in [5, 5.41) is 7.76. The first-order valence-electron chi connectivity index (χ1n) is 8.69. The first-order valence-corrected chi connectivity index (χ1v) is 11.1. The second kappa shape index (κ2) is 8.88. The first kappa shape index (κ1) is 19.2. The molecule has 0 bridgehead atoms. The Hall–Kier alpha value is -1.57. The summed E-state index contributed by atoms with van der Waals surface area (Å²) < 4.78 is 5.29. The van der Waals surface area contributed by atoms with Gasteiger partial charge in [0.25, 0.3) is 0 Å². The lowest BCUT2D eigenvalue weighted by atomic mass is 10.1. The lowest BCUT2D eigenvalue weighted by Gasteiger charge is -2.14. The van der Waals surface area contributed by atoms with Gasteiger partial charge in [-0.2, -0.15) is 11.8 Å². The molecule has 2 N–H and O–H groups in total. The number of aryl methyl sites for hydroxylation is 1. The van der Waals surface area contributed by atoms with E-state index in [1.165, 1.54) is 10.4 Å². The summed E-state index contributed by atoms with van der Waals surface area (Å²) in [6.07, 6.45) is 1.82. The van der Waals surface area contributed by atoms with Crippen LogP contribution < -0.4 is 10.6 Å². The number of benzene rings is 1. The van der Waals surface area contributed by atoms with E-state index in [1.807, 2.05) is 36.9 Å². The van der Waals surface area contributed by atoms with E-state index >= 15 is 0 Å². The average Bonchev–Trinajstić information content (AvgIpc) is 3.00. The van der Waals surface area contributed by atoms with Crippen molar-refractivity contribution in [3.8, 4) is 0 Å². The Balaban J connectivity index is 1.83. The molecule has 3 rings (SSSR count). The molecule has 1 aromatic heterocycles. The van der Waals surface area contributed by atoms with Gasteiger partial charge in [-0.1, -0.05) is 25.1 Å². The summed E-state index contributed by atoms with van der Waals surface area (Å²) in [5.41, 5.74) is 3.96. The minimum absolute atomic E-state index is 0.267. The number of esters is 1. The number of thioether (sulfide) groups is 1. The fourth-order valence-corrected chi connectivity index (χ4v) is 5.60. The average molecular weight is 407 g/mol. The molecule has 0 atom stereocenters. The number of carbonyl (C=O) groups excluding carboxylic acids is 1. The predicted molar refractivity (Wildman–Crippen MR) is 116 cm³/mol. The standard InChI is InChI=1S/C19H22N2O2S3/c1-3-12-7-5-6-8-14(12)20-19(24)21-17-16(18(22)23-4-2)13-9-10-25-11-15(13)26-17/h5-8H,3-4,9-11H2,1-2H3,(H2,20,21,24). The number of carbonyl (C=O) groups is 1. The molecular weight excluding hydrogens is 384 g/mol. The highest BCUT2D eigenvalue weighted by Crippen LogP contribution is 2.40. The summed E-state index contributed by atoms with van der Waals surface area (Å²) in [6, 6.07) is 8.09. The van der Waals surface area contributed by atoms with Gasteiger partial charge in [-0.3, -0.25) is 0 Å². The molecule has 4 nitrogen and oxygen atoms in total. The summed E-state index contributed by atoms with van der Waals surface area (Å²) >= 11 is 9.00. The molecule has 2 heterocycles. The number of thiocarbonyl (C=S) groups is 1. The smallest absolute Gasteiger partial charge is 0.341 e. The van der Waals surface area contributed by atoms with E-state index in [4.69, 9.17) is 17.0 Å². The minimum Gasteiger partial charge on any atom is -0.462 e. The van der Waals surface area contributed by atoms with E-state index in [0.29, 0.717) is 17.3 Å². The van der Waals surface area contributed by atoms with Gasteiger partial charge in [0.15, 0.2) is 5.11 Å². The van der Waals surface area contributed by atoms with E-state index in [9.17, 15) is 4.79 Å². The van der Waals surface area contributed by atoms with E-state index in [2.05, 4.69) is 23.6 Å². The fourth-order valence-electron chi connectivity index (χ4n) is 2.95. The molecule has 138 valence electrons. The predicted octanol–water partition coefficient (Wildman–Crippen LogP) is 5.09. The van der Waals surface area contributed by atoms with Crippen molar-refractivity contribution in [1.29, 1.82) is 0 Å². The number of hydrogen-bond acceptors (Lipinski definition) is 5. The number of para-hydroxylation sites is 1. The molecule has 0 spiro atoms. The normalized spacial score (nSPS) is 13.0. The van der Waals surface area contributed by atoms with E-state index in [0.717, 1.165) is 40.6 Å². The number of anilines is 2. The van der Waals surface area contributed by atoms with Gasteiger partial charge in [-0.15, -0.1) is 11.3 Å². The van der Waals surface area contributed by atoms with Crippen molar-refractivity contribution in [2.24, 2.45) is 0 Å². The maximum absolute atomic E-state index is 12.5. The molecule has 0 aliphatic carbocycles. The zero-order valence-corrected chi connectivity index (χ0v) is 17.3. The number of thiophene rings is 1. The summed E-state index contributed by atoms with van der Waals surface area (Å²) in [4.78, 5) is 13.8. The number of rotatable bonds is 5. The van der Waals surface area contributed by atoms with Crippen molar-refractivity contribution in [2.45, 2.75) is 32.4 Å². The highest BCUT2D eigenvalue weighted by molar-refractivity contribution is 7.98. The topological polar surface area (TPSA) is 50.4 Å². The van der Waals surface area contributed by atoms with E-state index in [-0.39, 0.29) is 5.97 Å². The Labute approximate surface area is 167 Å². The van der Waals surface area contributed by atoms with Gasteiger partial charge in [-0.25, -0.2) is 4.79 Å². The van der Waals surface area contributed by atoms with Crippen molar-refractivity contribution >= 4 is 57.1 Å². The van der Waals surface area contributed by atoms with Crippen LogP contribution in [0.3, 0.4) is 0 Å². The molecule has 26 heavy (non-hydrogen) atoms. The Bertz CT molecular complexity index is 817. The molecule has 1 aliphatic rings. The third-order valence-corrected chi connectivity index (χ3v) is 6.69. The third kappa shape index (κ3) is 4.22. The number of fused-ring (bicyclic) bond motifs is 1. The molecule has 0 saturated heterocycles. The van der Waals surface area contributed by atoms with Crippen LogP contribution in [0.25, 0.3) is 0 Å². The minimum atomic E-state index is -0.267. The number of ether oxygens (including phenoxy) is 1. The maximum Gasteiger partial charge on any atom is 0.341 e. The third-order valence-electron chi connectivity index (χ3n) is 4.17. The molecule has 0 fully saturated rings. The molecule has 0 saturated carbocycles. The lowest BCUT2D eigenvalue weighted by molar-refractivity contribution is 0.0527. The van der Waals surface area contributed by atoms with E-state index in [1.54, 1.807) is 11.3 Å². The van der Waals surface area contributed by atoms with Gasteiger partial charge in [0.2, 0.25) is 0 Å². The number of hydrogen-bond donors (Lipinski definition) is 2. The molecular formula is C19H22N2O2S3. The van der Waals surface area contributed by atoms with Gasteiger partial charge < -0.3 is 15.4 Å². The Morgan fingerprint density at radius 3 is 2.85 bits per heavy atom. The van der Waals surface area contributed by atoms with E-state index < -0.39 is 0 Å². The zero-order valence-electron chi connectivity index (χ0n) is 14.9. The molecule has 0 unspecified atom stereocenters. The van der Waals surface area contributed by atoms with Gasteiger partial charge >= 0.3 is 5.97 Å². The number of nitrogens with one attached hydrogen (secondary N) is 2. The van der Waals surface area contributed by atoms with Crippen molar-refractivity contribution in [3.63, 3.8) is 0 Å².